The van der Waals surface area contributed by atoms with Crippen molar-refractivity contribution in [2.24, 2.45) is 5.73 Å². The Morgan fingerprint density at radius 3 is 2.19 bits per heavy atom. The Hall–Kier alpha value is -1.79. The van der Waals surface area contributed by atoms with Crippen LogP contribution >= 0.6 is 11.3 Å². The molecule has 0 aliphatic heterocycles. The largest absolute Gasteiger partial charge is 0.493 e. The number of hydrogen-bond donors (Lipinski definition) is 1. The van der Waals surface area contributed by atoms with Crippen molar-refractivity contribution in [3.8, 4) is 17.2 Å². The number of methoxy groups -OCH3 is 3. The van der Waals surface area contributed by atoms with E-state index in [9.17, 15) is 0 Å². The minimum Gasteiger partial charge on any atom is -0.493 e. The van der Waals surface area contributed by atoms with Crippen molar-refractivity contribution >= 4 is 11.3 Å². The second-order valence-corrected chi connectivity index (χ2v) is 5.69. The fourth-order valence-electron chi connectivity index (χ4n) is 2.16. The highest BCUT2D eigenvalue weighted by atomic mass is 32.1. The van der Waals surface area contributed by atoms with Gasteiger partial charge in [-0.15, -0.1) is 11.3 Å². The summed E-state index contributed by atoms with van der Waals surface area (Å²) < 4.78 is 16.0. The molecule has 0 aliphatic rings. The molecule has 1 heterocycles. The van der Waals surface area contributed by atoms with Crippen LogP contribution in [-0.2, 0) is 6.42 Å². The van der Waals surface area contributed by atoms with Gasteiger partial charge in [-0.25, -0.2) is 4.98 Å². The number of rotatable bonds is 6. The first-order valence-electron chi connectivity index (χ1n) is 6.55. The topological polar surface area (TPSA) is 66.6 Å². The Kier molecular flexibility index (Phi) is 5.03. The molecular weight excluding hydrogens is 288 g/mol. The molecule has 6 heteroatoms. The molecule has 1 atom stereocenters. The van der Waals surface area contributed by atoms with Crippen molar-refractivity contribution in [2.75, 3.05) is 21.3 Å². The second kappa shape index (κ2) is 6.78. The number of hydrogen-bond acceptors (Lipinski definition) is 6. The number of nitrogens with two attached hydrogens (primary N) is 1. The Morgan fingerprint density at radius 2 is 1.76 bits per heavy atom. The lowest BCUT2D eigenvalue weighted by molar-refractivity contribution is 0.323. The zero-order valence-electron chi connectivity index (χ0n) is 12.7. The van der Waals surface area contributed by atoms with Gasteiger partial charge in [-0.2, -0.15) is 0 Å². The highest BCUT2D eigenvalue weighted by molar-refractivity contribution is 7.09. The van der Waals surface area contributed by atoms with E-state index in [2.05, 4.69) is 4.98 Å². The summed E-state index contributed by atoms with van der Waals surface area (Å²) in [6.07, 6.45) is 0.670. The fraction of sp³-hybridized carbons (Fsp3) is 0.400. The third-order valence-electron chi connectivity index (χ3n) is 3.21. The summed E-state index contributed by atoms with van der Waals surface area (Å²) in [5.74, 6) is 1.79. The Balaban J connectivity index is 2.30. The molecule has 1 unspecified atom stereocenters. The molecule has 0 spiro atoms. The lowest BCUT2D eigenvalue weighted by Crippen LogP contribution is -2.14. The van der Waals surface area contributed by atoms with E-state index in [1.54, 1.807) is 32.7 Å². The quantitative estimate of drug-likeness (QED) is 0.889. The summed E-state index contributed by atoms with van der Waals surface area (Å²) in [7, 11) is 4.77. The molecule has 0 fully saturated rings. The molecule has 0 amide bonds. The Bertz CT molecular complexity index is 588. The van der Waals surface area contributed by atoms with Crippen LogP contribution in [0.2, 0.25) is 0 Å². The lowest BCUT2D eigenvalue weighted by atomic mass is 10.0. The van der Waals surface area contributed by atoms with Crippen LogP contribution < -0.4 is 19.9 Å². The average Bonchev–Trinajstić information content (AvgIpc) is 2.90. The van der Waals surface area contributed by atoms with Crippen LogP contribution in [0.1, 0.15) is 22.3 Å². The first kappa shape index (κ1) is 15.6. The highest BCUT2D eigenvalue weighted by Gasteiger charge is 2.17. The van der Waals surface area contributed by atoms with Crippen LogP contribution in [-0.4, -0.2) is 26.3 Å². The Labute approximate surface area is 128 Å². The minimum atomic E-state index is -0.180. The summed E-state index contributed by atoms with van der Waals surface area (Å²) in [5.41, 5.74) is 8.21. The molecule has 2 rings (SSSR count). The van der Waals surface area contributed by atoms with Crippen molar-refractivity contribution in [2.45, 2.75) is 19.4 Å². The molecule has 0 radical (unpaired) electrons. The number of thiazole rings is 1. The summed E-state index contributed by atoms with van der Waals surface area (Å²) in [6.45, 7) is 1.99. The summed E-state index contributed by atoms with van der Waals surface area (Å²) in [5, 5.41) is 3.08. The van der Waals surface area contributed by atoms with Gasteiger partial charge in [-0.05, 0) is 24.6 Å². The van der Waals surface area contributed by atoms with E-state index >= 15 is 0 Å². The first-order valence-corrected chi connectivity index (χ1v) is 7.43. The van der Waals surface area contributed by atoms with Crippen LogP contribution in [0.3, 0.4) is 0 Å². The number of aromatic nitrogens is 1. The van der Waals surface area contributed by atoms with Crippen LogP contribution in [0.25, 0.3) is 0 Å². The van der Waals surface area contributed by atoms with E-state index < -0.39 is 0 Å². The number of nitrogens with zero attached hydrogens (tertiary/aromatic N) is 1. The van der Waals surface area contributed by atoms with Crippen LogP contribution in [0.5, 0.6) is 17.2 Å². The van der Waals surface area contributed by atoms with Gasteiger partial charge in [0.05, 0.1) is 32.0 Å². The first-order chi connectivity index (χ1) is 10.1. The van der Waals surface area contributed by atoms with Gasteiger partial charge in [0.1, 0.15) is 0 Å². The standard InChI is InChI=1S/C15H20N2O3S/c1-9-17-11(8-21-9)7-12(16)10-5-13(18-2)15(20-4)14(6-10)19-3/h5-6,8,12H,7,16H2,1-4H3. The van der Waals surface area contributed by atoms with Gasteiger partial charge < -0.3 is 19.9 Å². The second-order valence-electron chi connectivity index (χ2n) is 4.63. The van der Waals surface area contributed by atoms with E-state index in [-0.39, 0.29) is 6.04 Å². The zero-order chi connectivity index (χ0) is 15.4. The molecule has 0 aliphatic carbocycles. The van der Waals surface area contributed by atoms with Gasteiger partial charge in [0.25, 0.3) is 0 Å². The summed E-state index contributed by atoms with van der Waals surface area (Å²) in [6, 6.07) is 3.58. The van der Waals surface area contributed by atoms with Crippen molar-refractivity contribution in [3.63, 3.8) is 0 Å². The van der Waals surface area contributed by atoms with E-state index in [0.29, 0.717) is 23.7 Å². The van der Waals surface area contributed by atoms with Gasteiger partial charge in [-0.3, -0.25) is 0 Å². The normalized spacial score (nSPS) is 12.0. The third-order valence-corrected chi connectivity index (χ3v) is 4.03. The molecule has 114 valence electrons. The molecular formula is C15H20N2O3S. The monoisotopic (exact) mass is 308 g/mol. The minimum absolute atomic E-state index is 0.180. The van der Waals surface area contributed by atoms with Crippen LogP contribution in [0.4, 0.5) is 0 Å². The number of benzene rings is 1. The van der Waals surface area contributed by atoms with E-state index in [1.807, 2.05) is 24.4 Å². The predicted molar refractivity (Wildman–Crippen MR) is 83.6 cm³/mol. The van der Waals surface area contributed by atoms with Gasteiger partial charge >= 0.3 is 0 Å². The van der Waals surface area contributed by atoms with Gasteiger partial charge in [0, 0.05) is 17.8 Å². The highest BCUT2D eigenvalue weighted by Crippen LogP contribution is 2.39. The van der Waals surface area contributed by atoms with E-state index in [0.717, 1.165) is 16.3 Å². The maximum atomic E-state index is 6.29. The third kappa shape index (κ3) is 3.46. The van der Waals surface area contributed by atoms with Gasteiger partial charge in [0.2, 0.25) is 5.75 Å². The predicted octanol–water partition coefficient (Wildman–Crippen LogP) is 2.72. The smallest absolute Gasteiger partial charge is 0.203 e. The summed E-state index contributed by atoms with van der Waals surface area (Å²) in [4.78, 5) is 4.45. The zero-order valence-corrected chi connectivity index (χ0v) is 13.5. The SMILES string of the molecule is COc1cc(C(N)Cc2csc(C)n2)cc(OC)c1OC. The maximum Gasteiger partial charge on any atom is 0.203 e. The molecule has 1 aromatic heterocycles. The maximum absolute atomic E-state index is 6.29. The molecule has 2 N–H and O–H groups in total. The molecule has 0 bridgehead atoms. The number of aryl methyl sites for hydroxylation is 1. The molecule has 21 heavy (non-hydrogen) atoms. The lowest BCUT2D eigenvalue weighted by Gasteiger charge is -2.17. The van der Waals surface area contributed by atoms with Crippen LogP contribution in [0, 0.1) is 6.92 Å². The van der Waals surface area contributed by atoms with E-state index in [1.165, 1.54) is 0 Å². The van der Waals surface area contributed by atoms with Crippen molar-refractivity contribution < 1.29 is 14.2 Å². The number of ether oxygens (including phenoxy) is 3. The molecule has 5 nitrogen and oxygen atoms in total. The summed E-state index contributed by atoms with van der Waals surface area (Å²) >= 11 is 1.63. The molecule has 0 saturated carbocycles. The van der Waals surface area contributed by atoms with Gasteiger partial charge in [0.15, 0.2) is 11.5 Å². The van der Waals surface area contributed by atoms with Crippen molar-refractivity contribution in [3.05, 3.63) is 33.8 Å². The van der Waals surface area contributed by atoms with Crippen molar-refractivity contribution in [1.29, 1.82) is 0 Å². The average molecular weight is 308 g/mol. The van der Waals surface area contributed by atoms with Crippen LogP contribution in [0.15, 0.2) is 17.5 Å². The fourth-order valence-corrected chi connectivity index (χ4v) is 2.79. The molecule has 1 aromatic carbocycles. The van der Waals surface area contributed by atoms with Gasteiger partial charge in [-0.1, -0.05) is 0 Å². The van der Waals surface area contributed by atoms with E-state index in [4.69, 9.17) is 19.9 Å². The molecule has 2 aromatic rings. The Morgan fingerprint density at radius 1 is 1.14 bits per heavy atom. The van der Waals surface area contributed by atoms with Crippen molar-refractivity contribution in [1.82, 2.24) is 4.98 Å². The molecule has 0 saturated heterocycles.